The van der Waals surface area contributed by atoms with Crippen molar-refractivity contribution in [3.8, 4) is 10.6 Å². The number of aromatic nitrogens is 3. The highest BCUT2D eigenvalue weighted by Crippen LogP contribution is 2.25. The predicted molar refractivity (Wildman–Crippen MR) is 116 cm³/mol. The van der Waals surface area contributed by atoms with Crippen molar-refractivity contribution in [3.63, 3.8) is 0 Å². The summed E-state index contributed by atoms with van der Waals surface area (Å²) in [5, 5.41) is 5.68. The second-order valence-electron chi connectivity index (χ2n) is 7.11. The van der Waals surface area contributed by atoms with Crippen LogP contribution in [-0.2, 0) is 18.3 Å². The molecule has 2 aromatic carbocycles. The Hall–Kier alpha value is -3.32. The number of halogens is 1. The predicted octanol–water partition coefficient (Wildman–Crippen LogP) is 4.44. The molecule has 152 valence electrons. The third-order valence-electron chi connectivity index (χ3n) is 4.83. The Labute approximate surface area is 178 Å². The van der Waals surface area contributed by atoms with Crippen molar-refractivity contribution in [1.82, 2.24) is 19.9 Å². The summed E-state index contributed by atoms with van der Waals surface area (Å²) in [6, 6.07) is 13.8. The van der Waals surface area contributed by atoms with Crippen molar-refractivity contribution in [1.29, 1.82) is 0 Å². The Balaban J connectivity index is 1.53. The van der Waals surface area contributed by atoms with E-state index in [1.165, 1.54) is 23.0 Å². The number of carbonyl (C=O) groups is 1. The van der Waals surface area contributed by atoms with E-state index in [1.54, 1.807) is 35.2 Å². The molecule has 7 heteroatoms. The number of hydrogen-bond acceptors (Lipinski definition) is 4. The zero-order valence-electron chi connectivity index (χ0n) is 16.7. The molecule has 2 heterocycles. The summed E-state index contributed by atoms with van der Waals surface area (Å²) in [6.07, 6.45) is 3.50. The first-order valence-corrected chi connectivity index (χ1v) is 10.4. The Morgan fingerprint density at radius 2 is 1.97 bits per heavy atom. The van der Waals surface area contributed by atoms with E-state index in [2.05, 4.69) is 15.3 Å². The molecular formula is C23H21FN4OS. The number of imidazole rings is 1. The molecular weight excluding hydrogens is 399 g/mol. The van der Waals surface area contributed by atoms with Gasteiger partial charge in [-0.15, -0.1) is 11.3 Å². The van der Waals surface area contributed by atoms with Crippen LogP contribution >= 0.6 is 11.3 Å². The number of hydrogen-bond donors (Lipinski definition) is 1. The van der Waals surface area contributed by atoms with Crippen molar-refractivity contribution in [2.24, 2.45) is 7.05 Å². The third kappa shape index (κ3) is 4.31. The smallest absolute Gasteiger partial charge is 0.226 e. The fourth-order valence-corrected chi connectivity index (χ4v) is 4.07. The molecule has 5 nitrogen and oxygen atoms in total. The Morgan fingerprint density at radius 3 is 2.67 bits per heavy atom. The summed E-state index contributed by atoms with van der Waals surface area (Å²) < 4.78 is 16.2. The minimum absolute atomic E-state index is 0.109. The second kappa shape index (κ2) is 8.59. The van der Waals surface area contributed by atoms with Crippen LogP contribution < -0.4 is 5.32 Å². The zero-order valence-corrected chi connectivity index (χ0v) is 17.5. The molecule has 0 fully saturated rings. The summed E-state index contributed by atoms with van der Waals surface area (Å²) in [5.41, 5.74) is 3.26. The van der Waals surface area contributed by atoms with Gasteiger partial charge in [0, 0.05) is 35.9 Å². The highest BCUT2D eigenvalue weighted by molar-refractivity contribution is 7.13. The van der Waals surface area contributed by atoms with E-state index in [0.29, 0.717) is 17.1 Å². The van der Waals surface area contributed by atoms with Crippen LogP contribution in [0.1, 0.15) is 28.7 Å². The zero-order chi connectivity index (χ0) is 21.1. The SMILES string of the molecule is Cc1ccc(-c2nc(CC(=O)N[C@@H](c3ccccc3F)c3nccn3C)cs2)cc1. The van der Waals surface area contributed by atoms with Gasteiger partial charge in [-0.2, -0.15) is 0 Å². The lowest BCUT2D eigenvalue weighted by Gasteiger charge is -2.19. The summed E-state index contributed by atoms with van der Waals surface area (Å²) in [6.45, 7) is 2.04. The summed E-state index contributed by atoms with van der Waals surface area (Å²) in [7, 11) is 1.82. The number of thiazole rings is 1. The van der Waals surface area contributed by atoms with Gasteiger partial charge in [-0.1, -0.05) is 48.0 Å². The van der Waals surface area contributed by atoms with E-state index in [0.717, 1.165) is 10.6 Å². The molecule has 0 unspecified atom stereocenters. The molecule has 0 bridgehead atoms. The molecule has 0 radical (unpaired) electrons. The molecule has 0 saturated carbocycles. The van der Waals surface area contributed by atoms with Crippen molar-refractivity contribution >= 4 is 17.2 Å². The summed E-state index contributed by atoms with van der Waals surface area (Å²) in [4.78, 5) is 21.7. The third-order valence-corrected chi connectivity index (χ3v) is 5.77. The van der Waals surface area contributed by atoms with Gasteiger partial charge in [0.05, 0.1) is 12.1 Å². The van der Waals surface area contributed by atoms with Crippen LogP contribution in [0.15, 0.2) is 66.3 Å². The van der Waals surface area contributed by atoms with Gasteiger partial charge < -0.3 is 9.88 Å². The Bertz CT molecular complexity index is 1170. The number of aryl methyl sites for hydroxylation is 2. The van der Waals surface area contributed by atoms with E-state index in [1.807, 2.05) is 43.6 Å². The van der Waals surface area contributed by atoms with E-state index >= 15 is 0 Å². The number of nitrogens with zero attached hydrogens (tertiary/aromatic N) is 3. The minimum atomic E-state index is -0.686. The highest BCUT2D eigenvalue weighted by atomic mass is 32.1. The summed E-state index contributed by atoms with van der Waals surface area (Å²) in [5.74, 6) is -0.0693. The fraction of sp³-hybridized carbons (Fsp3) is 0.174. The number of benzene rings is 2. The second-order valence-corrected chi connectivity index (χ2v) is 7.96. The maximum Gasteiger partial charge on any atom is 0.226 e. The maximum atomic E-state index is 14.5. The van der Waals surface area contributed by atoms with Gasteiger partial charge in [-0.25, -0.2) is 14.4 Å². The molecule has 1 amide bonds. The van der Waals surface area contributed by atoms with E-state index in [9.17, 15) is 9.18 Å². The van der Waals surface area contributed by atoms with Crippen LogP contribution in [0.3, 0.4) is 0 Å². The number of carbonyl (C=O) groups excluding carboxylic acids is 1. The van der Waals surface area contributed by atoms with Gasteiger partial charge in [-0.3, -0.25) is 4.79 Å². The van der Waals surface area contributed by atoms with Crippen LogP contribution in [0.5, 0.6) is 0 Å². The van der Waals surface area contributed by atoms with Crippen LogP contribution in [0.4, 0.5) is 4.39 Å². The van der Waals surface area contributed by atoms with Crippen LogP contribution in [0, 0.1) is 12.7 Å². The molecule has 1 N–H and O–H groups in total. The molecule has 30 heavy (non-hydrogen) atoms. The molecule has 4 aromatic rings. The summed E-state index contributed by atoms with van der Waals surface area (Å²) >= 11 is 1.50. The quantitative estimate of drug-likeness (QED) is 0.502. The topological polar surface area (TPSA) is 59.8 Å². The lowest BCUT2D eigenvalue weighted by Crippen LogP contribution is -2.32. The molecule has 2 aromatic heterocycles. The molecule has 1 atom stereocenters. The normalized spacial score (nSPS) is 12.0. The van der Waals surface area contributed by atoms with Crippen LogP contribution in [0.25, 0.3) is 10.6 Å². The van der Waals surface area contributed by atoms with E-state index in [4.69, 9.17) is 0 Å². The Morgan fingerprint density at radius 1 is 1.20 bits per heavy atom. The van der Waals surface area contributed by atoms with Crippen molar-refractivity contribution in [2.75, 3.05) is 0 Å². The average Bonchev–Trinajstić information content (AvgIpc) is 3.36. The van der Waals surface area contributed by atoms with Crippen molar-refractivity contribution < 1.29 is 9.18 Å². The fourth-order valence-electron chi connectivity index (χ4n) is 3.24. The lowest BCUT2D eigenvalue weighted by molar-refractivity contribution is -0.121. The maximum absolute atomic E-state index is 14.5. The standard InChI is InChI=1S/C23H21FN4OS/c1-15-7-9-16(10-8-15)23-26-17(14-30-23)13-20(29)27-21(22-25-11-12-28(22)2)18-5-3-4-6-19(18)24/h3-12,14,21H,13H2,1-2H3,(H,27,29)/t21-/m0/s1. The van der Waals surface area contributed by atoms with Crippen molar-refractivity contribution in [2.45, 2.75) is 19.4 Å². The van der Waals surface area contributed by atoms with Crippen LogP contribution in [0.2, 0.25) is 0 Å². The van der Waals surface area contributed by atoms with Gasteiger partial charge in [0.15, 0.2) is 0 Å². The van der Waals surface area contributed by atoms with Gasteiger partial charge >= 0.3 is 0 Å². The molecule has 0 aliphatic rings. The highest BCUT2D eigenvalue weighted by Gasteiger charge is 2.24. The van der Waals surface area contributed by atoms with Crippen molar-refractivity contribution in [3.05, 3.63) is 94.8 Å². The largest absolute Gasteiger partial charge is 0.342 e. The van der Waals surface area contributed by atoms with E-state index < -0.39 is 6.04 Å². The first-order chi connectivity index (χ1) is 14.5. The number of nitrogens with one attached hydrogen (secondary N) is 1. The Kier molecular flexibility index (Phi) is 5.72. The molecule has 0 aliphatic heterocycles. The molecule has 4 rings (SSSR count). The first-order valence-electron chi connectivity index (χ1n) is 9.53. The van der Waals surface area contributed by atoms with Gasteiger partial charge in [0.1, 0.15) is 22.7 Å². The molecule has 0 saturated heterocycles. The van der Waals surface area contributed by atoms with Gasteiger partial charge in [-0.05, 0) is 13.0 Å². The van der Waals surface area contributed by atoms with Gasteiger partial charge in [0.25, 0.3) is 0 Å². The first kappa shape index (κ1) is 20.0. The average molecular weight is 421 g/mol. The minimum Gasteiger partial charge on any atom is -0.342 e. The monoisotopic (exact) mass is 420 g/mol. The van der Waals surface area contributed by atoms with E-state index in [-0.39, 0.29) is 18.1 Å². The number of rotatable bonds is 6. The lowest BCUT2D eigenvalue weighted by atomic mass is 10.0. The molecule has 0 aliphatic carbocycles. The van der Waals surface area contributed by atoms with Crippen LogP contribution in [-0.4, -0.2) is 20.4 Å². The van der Waals surface area contributed by atoms with Gasteiger partial charge in [0.2, 0.25) is 5.91 Å². The number of amides is 1. The molecule has 0 spiro atoms.